The summed E-state index contributed by atoms with van der Waals surface area (Å²) < 4.78 is 10.5. The van der Waals surface area contributed by atoms with Crippen LogP contribution >= 0.6 is 0 Å². The number of hydrogen-bond donors (Lipinski definition) is 1. The molecule has 2 heterocycles. The lowest BCUT2D eigenvalue weighted by Crippen LogP contribution is -2.12. The van der Waals surface area contributed by atoms with Crippen LogP contribution in [0.2, 0.25) is 0 Å². The number of carbonyl (C=O) groups is 1. The monoisotopic (exact) mass is 256 g/mol. The molecule has 5 nitrogen and oxygen atoms in total. The van der Waals surface area contributed by atoms with Crippen LogP contribution < -0.4 is 14.8 Å². The molecule has 0 saturated heterocycles. The second-order valence-corrected chi connectivity index (χ2v) is 4.21. The first-order valence-electron chi connectivity index (χ1n) is 5.86. The number of carbonyl (C=O) groups excluding carboxylic acids is 1. The molecule has 1 amide bonds. The molecule has 96 valence electrons. The summed E-state index contributed by atoms with van der Waals surface area (Å²) in [4.78, 5) is 16.1. The van der Waals surface area contributed by atoms with Gasteiger partial charge >= 0.3 is 0 Å². The Labute approximate surface area is 110 Å². The molecular formula is C14H12N2O3. The van der Waals surface area contributed by atoms with Crippen molar-refractivity contribution in [3.63, 3.8) is 0 Å². The van der Waals surface area contributed by atoms with Gasteiger partial charge in [0.05, 0.1) is 0 Å². The molecule has 2 aromatic rings. The highest BCUT2D eigenvalue weighted by Gasteiger charge is 2.14. The predicted octanol–water partition coefficient (Wildman–Crippen LogP) is 2.37. The number of benzene rings is 1. The van der Waals surface area contributed by atoms with Gasteiger partial charge in [0.2, 0.25) is 6.79 Å². The van der Waals surface area contributed by atoms with E-state index in [1.54, 1.807) is 36.5 Å². The lowest BCUT2D eigenvalue weighted by molar-refractivity contribution is 0.102. The molecule has 1 aliphatic heterocycles. The van der Waals surface area contributed by atoms with Crippen molar-refractivity contribution in [1.82, 2.24) is 4.98 Å². The van der Waals surface area contributed by atoms with Crippen molar-refractivity contribution in [3.8, 4) is 11.5 Å². The Kier molecular flexibility index (Phi) is 2.79. The number of aromatic nitrogens is 1. The Hall–Kier alpha value is -2.56. The normalized spacial score (nSPS) is 12.3. The van der Waals surface area contributed by atoms with Crippen molar-refractivity contribution in [2.45, 2.75) is 6.92 Å². The van der Waals surface area contributed by atoms with E-state index in [2.05, 4.69) is 10.3 Å². The van der Waals surface area contributed by atoms with Crippen LogP contribution in [0.15, 0.2) is 36.5 Å². The molecule has 3 rings (SSSR count). The van der Waals surface area contributed by atoms with E-state index in [1.807, 2.05) is 6.92 Å². The maximum absolute atomic E-state index is 12.1. The summed E-state index contributed by atoms with van der Waals surface area (Å²) in [6, 6.07) is 8.71. The molecule has 0 spiro atoms. The second kappa shape index (κ2) is 4.61. The van der Waals surface area contributed by atoms with Crippen molar-refractivity contribution < 1.29 is 14.3 Å². The quantitative estimate of drug-likeness (QED) is 0.896. The zero-order chi connectivity index (χ0) is 13.2. The third-order valence-electron chi connectivity index (χ3n) is 2.79. The van der Waals surface area contributed by atoms with Crippen LogP contribution in [-0.2, 0) is 0 Å². The standard InChI is InChI=1S/C14H12N2O3/c1-9-6-10(4-5-15-9)14(17)16-11-2-3-12-13(7-11)19-8-18-12/h2-7H,8H2,1H3,(H,16,17). The van der Waals surface area contributed by atoms with Gasteiger partial charge in [0.1, 0.15) is 0 Å². The molecule has 1 aromatic carbocycles. The molecule has 1 aromatic heterocycles. The molecule has 0 saturated carbocycles. The van der Waals surface area contributed by atoms with Crippen molar-refractivity contribution in [2.24, 2.45) is 0 Å². The average Bonchev–Trinajstić information content (AvgIpc) is 2.86. The van der Waals surface area contributed by atoms with Gasteiger partial charge < -0.3 is 14.8 Å². The fourth-order valence-electron chi connectivity index (χ4n) is 1.86. The molecule has 0 unspecified atom stereocenters. The van der Waals surface area contributed by atoms with Gasteiger partial charge in [-0.05, 0) is 31.2 Å². The molecule has 1 N–H and O–H groups in total. The highest BCUT2D eigenvalue weighted by atomic mass is 16.7. The summed E-state index contributed by atoms with van der Waals surface area (Å²) >= 11 is 0. The largest absolute Gasteiger partial charge is 0.454 e. The molecule has 19 heavy (non-hydrogen) atoms. The average molecular weight is 256 g/mol. The highest BCUT2D eigenvalue weighted by Crippen LogP contribution is 2.34. The predicted molar refractivity (Wildman–Crippen MR) is 69.5 cm³/mol. The van der Waals surface area contributed by atoms with Gasteiger partial charge in [0.25, 0.3) is 5.91 Å². The lowest BCUT2D eigenvalue weighted by Gasteiger charge is -2.06. The maximum Gasteiger partial charge on any atom is 0.255 e. The molecule has 0 fully saturated rings. The number of pyridine rings is 1. The van der Waals surface area contributed by atoms with Gasteiger partial charge in [-0.3, -0.25) is 9.78 Å². The first kappa shape index (κ1) is 11.5. The van der Waals surface area contributed by atoms with Crippen molar-refractivity contribution in [1.29, 1.82) is 0 Å². The Bertz CT molecular complexity index is 640. The fourth-order valence-corrected chi connectivity index (χ4v) is 1.86. The van der Waals surface area contributed by atoms with Gasteiger partial charge in [-0.2, -0.15) is 0 Å². The number of nitrogens with one attached hydrogen (secondary N) is 1. The maximum atomic E-state index is 12.1. The number of anilines is 1. The SMILES string of the molecule is Cc1cc(C(=O)Nc2ccc3c(c2)OCO3)ccn1. The lowest BCUT2D eigenvalue weighted by atomic mass is 10.2. The highest BCUT2D eigenvalue weighted by molar-refractivity contribution is 6.04. The first-order valence-corrected chi connectivity index (χ1v) is 5.86. The Morgan fingerprint density at radius 2 is 2.05 bits per heavy atom. The van der Waals surface area contributed by atoms with Crippen molar-refractivity contribution in [3.05, 3.63) is 47.8 Å². The second-order valence-electron chi connectivity index (χ2n) is 4.21. The van der Waals surface area contributed by atoms with E-state index in [1.165, 1.54) is 0 Å². The van der Waals surface area contributed by atoms with E-state index in [-0.39, 0.29) is 12.7 Å². The topological polar surface area (TPSA) is 60.5 Å². The van der Waals surface area contributed by atoms with Crippen molar-refractivity contribution >= 4 is 11.6 Å². The number of amides is 1. The minimum atomic E-state index is -0.177. The molecule has 0 aliphatic carbocycles. The summed E-state index contributed by atoms with van der Waals surface area (Å²) in [7, 11) is 0. The van der Waals surface area contributed by atoms with E-state index in [4.69, 9.17) is 9.47 Å². The van der Waals surface area contributed by atoms with Crippen LogP contribution in [0.5, 0.6) is 11.5 Å². The summed E-state index contributed by atoms with van der Waals surface area (Å²) in [5.74, 6) is 1.16. The Morgan fingerprint density at radius 1 is 1.21 bits per heavy atom. The van der Waals surface area contributed by atoms with Crippen molar-refractivity contribution in [2.75, 3.05) is 12.1 Å². The van der Waals surface area contributed by atoms with E-state index in [0.29, 0.717) is 22.7 Å². The summed E-state index contributed by atoms with van der Waals surface area (Å²) in [5.41, 5.74) is 2.05. The Balaban J connectivity index is 1.80. The molecule has 5 heteroatoms. The number of fused-ring (bicyclic) bond motifs is 1. The van der Waals surface area contributed by atoms with Gasteiger partial charge in [0.15, 0.2) is 11.5 Å². The zero-order valence-electron chi connectivity index (χ0n) is 10.3. The summed E-state index contributed by atoms with van der Waals surface area (Å²) in [6.45, 7) is 2.06. The molecule has 0 bridgehead atoms. The third kappa shape index (κ3) is 2.35. The minimum Gasteiger partial charge on any atom is -0.454 e. The van der Waals surface area contributed by atoms with Gasteiger partial charge in [0, 0.05) is 29.2 Å². The van der Waals surface area contributed by atoms with E-state index < -0.39 is 0 Å². The molecular weight excluding hydrogens is 244 g/mol. The molecule has 0 radical (unpaired) electrons. The third-order valence-corrected chi connectivity index (χ3v) is 2.79. The van der Waals surface area contributed by atoms with E-state index >= 15 is 0 Å². The van der Waals surface area contributed by atoms with Crippen LogP contribution in [0.4, 0.5) is 5.69 Å². The summed E-state index contributed by atoms with van der Waals surface area (Å²) in [5, 5.41) is 2.81. The van der Waals surface area contributed by atoms with Crippen LogP contribution in [0.25, 0.3) is 0 Å². The number of nitrogens with zero attached hydrogens (tertiary/aromatic N) is 1. The summed E-state index contributed by atoms with van der Waals surface area (Å²) in [6.07, 6.45) is 1.61. The fraction of sp³-hybridized carbons (Fsp3) is 0.143. The van der Waals surface area contributed by atoms with Gasteiger partial charge in [-0.1, -0.05) is 0 Å². The van der Waals surface area contributed by atoms with Gasteiger partial charge in [-0.15, -0.1) is 0 Å². The zero-order valence-corrected chi connectivity index (χ0v) is 10.3. The molecule has 1 aliphatic rings. The van der Waals surface area contributed by atoms with Gasteiger partial charge in [-0.25, -0.2) is 0 Å². The Morgan fingerprint density at radius 3 is 2.89 bits per heavy atom. The van der Waals surface area contributed by atoms with Crippen LogP contribution in [0.3, 0.4) is 0 Å². The smallest absolute Gasteiger partial charge is 0.255 e. The minimum absolute atomic E-state index is 0.177. The van der Waals surface area contributed by atoms with Crippen LogP contribution in [0, 0.1) is 6.92 Å². The van der Waals surface area contributed by atoms with Crippen LogP contribution in [-0.4, -0.2) is 17.7 Å². The number of aryl methyl sites for hydroxylation is 1. The van der Waals surface area contributed by atoms with Crippen LogP contribution in [0.1, 0.15) is 16.1 Å². The number of hydrogen-bond acceptors (Lipinski definition) is 4. The number of rotatable bonds is 2. The number of ether oxygens (including phenoxy) is 2. The van der Waals surface area contributed by atoms with E-state index in [9.17, 15) is 4.79 Å². The first-order chi connectivity index (χ1) is 9.22. The molecule has 0 atom stereocenters. The van der Waals surface area contributed by atoms with E-state index in [0.717, 1.165) is 5.69 Å².